The van der Waals surface area contributed by atoms with Crippen molar-refractivity contribution in [2.45, 2.75) is 39.7 Å². The topological polar surface area (TPSA) is 57.5 Å². The smallest absolute Gasteiger partial charge is 0.169 e. The second kappa shape index (κ2) is 4.72. The Kier molecular flexibility index (Phi) is 4.57. The van der Waals surface area contributed by atoms with Crippen LogP contribution < -0.4 is 0 Å². The Morgan fingerprint density at radius 2 is 1.85 bits per heavy atom. The lowest BCUT2D eigenvalue weighted by atomic mass is 9.87. The Bertz CT molecular complexity index is 173. The maximum atomic E-state index is 11.5. The van der Waals surface area contributed by atoms with Crippen LogP contribution in [-0.4, -0.2) is 28.2 Å². The zero-order valence-electron chi connectivity index (χ0n) is 8.87. The molecule has 0 fully saturated rings. The second-order valence-corrected chi connectivity index (χ2v) is 4.33. The van der Waals surface area contributed by atoms with Gasteiger partial charge in [-0.1, -0.05) is 20.8 Å². The van der Waals surface area contributed by atoms with Gasteiger partial charge in [0.1, 0.15) is 5.60 Å². The van der Waals surface area contributed by atoms with Crippen LogP contribution in [0.2, 0.25) is 0 Å². The standard InChI is InChI=1S/C10H20O3/c1-7(2)5-8(3)9(12)10(4,13)6-11/h7-8,11,13H,5-6H2,1-4H3/t8-,10+/m0/s1. The molecule has 0 aliphatic rings. The molecule has 3 heteroatoms. The van der Waals surface area contributed by atoms with Gasteiger partial charge in [-0.05, 0) is 19.3 Å². The molecule has 0 aromatic heterocycles. The molecule has 0 spiro atoms. The van der Waals surface area contributed by atoms with Gasteiger partial charge in [0.05, 0.1) is 6.61 Å². The van der Waals surface area contributed by atoms with Crippen molar-refractivity contribution in [3.63, 3.8) is 0 Å². The molecule has 3 nitrogen and oxygen atoms in total. The van der Waals surface area contributed by atoms with Gasteiger partial charge in [-0.25, -0.2) is 0 Å². The highest BCUT2D eigenvalue weighted by atomic mass is 16.3. The molecule has 0 rings (SSSR count). The van der Waals surface area contributed by atoms with Gasteiger partial charge in [-0.3, -0.25) is 4.79 Å². The largest absolute Gasteiger partial charge is 0.393 e. The van der Waals surface area contributed by atoms with Crippen LogP contribution in [0.25, 0.3) is 0 Å². The number of ketones is 1. The summed E-state index contributed by atoms with van der Waals surface area (Å²) < 4.78 is 0. The van der Waals surface area contributed by atoms with Gasteiger partial charge in [0.15, 0.2) is 5.78 Å². The Labute approximate surface area is 79.8 Å². The van der Waals surface area contributed by atoms with Crippen molar-refractivity contribution < 1.29 is 15.0 Å². The van der Waals surface area contributed by atoms with E-state index in [0.29, 0.717) is 5.92 Å². The van der Waals surface area contributed by atoms with Crippen LogP contribution >= 0.6 is 0 Å². The van der Waals surface area contributed by atoms with E-state index in [9.17, 15) is 9.90 Å². The van der Waals surface area contributed by atoms with Crippen LogP contribution in [0.5, 0.6) is 0 Å². The van der Waals surface area contributed by atoms with Crippen LogP contribution in [-0.2, 0) is 4.79 Å². The minimum absolute atomic E-state index is 0.192. The number of aliphatic hydroxyl groups is 2. The van der Waals surface area contributed by atoms with Crippen molar-refractivity contribution >= 4 is 5.78 Å². The van der Waals surface area contributed by atoms with Crippen molar-refractivity contribution in [3.8, 4) is 0 Å². The lowest BCUT2D eigenvalue weighted by molar-refractivity contribution is -0.143. The monoisotopic (exact) mass is 188 g/mol. The number of carbonyl (C=O) groups is 1. The molecule has 13 heavy (non-hydrogen) atoms. The summed E-state index contributed by atoms with van der Waals surface area (Å²) in [7, 11) is 0. The highest BCUT2D eigenvalue weighted by Gasteiger charge is 2.32. The van der Waals surface area contributed by atoms with E-state index in [2.05, 4.69) is 0 Å². The first-order valence-electron chi connectivity index (χ1n) is 4.68. The first kappa shape index (κ1) is 12.6. The summed E-state index contributed by atoms with van der Waals surface area (Å²) in [4.78, 5) is 11.5. The molecule has 0 heterocycles. The third kappa shape index (κ3) is 3.87. The third-order valence-corrected chi connectivity index (χ3v) is 2.11. The fourth-order valence-corrected chi connectivity index (χ4v) is 1.42. The van der Waals surface area contributed by atoms with Gasteiger partial charge in [0, 0.05) is 5.92 Å². The molecule has 0 radical (unpaired) electrons. The van der Waals surface area contributed by atoms with Gasteiger partial charge in [-0.15, -0.1) is 0 Å². The number of rotatable bonds is 5. The predicted molar refractivity (Wildman–Crippen MR) is 51.3 cm³/mol. The summed E-state index contributed by atoms with van der Waals surface area (Å²) in [6, 6.07) is 0. The number of carbonyl (C=O) groups excluding carboxylic acids is 1. The molecule has 0 aliphatic carbocycles. The number of hydrogen-bond donors (Lipinski definition) is 2. The first-order valence-corrected chi connectivity index (χ1v) is 4.68. The van der Waals surface area contributed by atoms with E-state index < -0.39 is 12.2 Å². The van der Waals surface area contributed by atoms with E-state index in [1.807, 2.05) is 13.8 Å². The van der Waals surface area contributed by atoms with E-state index in [1.54, 1.807) is 6.92 Å². The van der Waals surface area contributed by atoms with E-state index in [0.717, 1.165) is 6.42 Å². The molecule has 0 aromatic carbocycles. The lowest BCUT2D eigenvalue weighted by Gasteiger charge is -2.23. The fourth-order valence-electron chi connectivity index (χ4n) is 1.42. The molecular weight excluding hydrogens is 168 g/mol. The average Bonchev–Trinajstić information content (AvgIpc) is 2.01. The van der Waals surface area contributed by atoms with Crippen LogP contribution in [0.3, 0.4) is 0 Å². The summed E-state index contributed by atoms with van der Waals surface area (Å²) in [5.74, 6) is -0.0423. The SMILES string of the molecule is CC(C)C[C@H](C)C(=O)[C@](C)(O)CO. The Balaban J connectivity index is 4.25. The molecule has 0 saturated heterocycles. The Hall–Kier alpha value is -0.410. The van der Waals surface area contributed by atoms with Crippen molar-refractivity contribution in [2.24, 2.45) is 11.8 Å². The second-order valence-electron chi connectivity index (χ2n) is 4.33. The van der Waals surface area contributed by atoms with Gasteiger partial charge < -0.3 is 10.2 Å². The molecule has 0 saturated carbocycles. The lowest BCUT2D eigenvalue weighted by Crippen LogP contribution is -2.42. The van der Waals surface area contributed by atoms with E-state index in [1.165, 1.54) is 6.92 Å². The molecule has 0 amide bonds. The van der Waals surface area contributed by atoms with Crippen LogP contribution in [0, 0.1) is 11.8 Å². The molecule has 0 aromatic rings. The zero-order chi connectivity index (χ0) is 10.6. The normalized spacial score (nSPS) is 18.4. The van der Waals surface area contributed by atoms with Crippen molar-refractivity contribution in [3.05, 3.63) is 0 Å². The summed E-state index contributed by atoms with van der Waals surface area (Å²) in [6.07, 6.45) is 0.745. The molecular formula is C10H20O3. The third-order valence-electron chi connectivity index (χ3n) is 2.11. The first-order chi connectivity index (χ1) is 5.81. The minimum Gasteiger partial charge on any atom is -0.393 e. The minimum atomic E-state index is -1.58. The van der Waals surface area contributed by atoms with Gasteiger partial charge in [0.25, 0.3) is 0 Å². The van der Waals surface area contributed by atoms with E-state index >= 15 is 0 Å². The zero-order valence-corrected chi connectivity index (χ0v) is 8.87. The summed E-state index contributed by atoms with van der Waals surface area (Å²) in [5, 5.41) is 18.3. The average molecular weight is 188 g/mol. The number of hydrogen-bond acceptors (Lipinski definition) is 3. The quantitative estimate of drug-likeness (QED) is 0.676. The van der Waals surface area contributed by atoms with Crippen LogP contribution in [0.1, 0.15) is 34.1 Å². The number of Topliss-reactive ketones (excluding diaryl/α,β-unsaturated/α-hetero) is 1. The van der Waals surface area contributed by atoms with Crippen LogP contribution in [0.4, 0.5) is 0 Å². The molecule has 0 bridgehead atoms. The molecule has 0 unspecified atom stereocenters. The maximum Gasteiger partial charge on any atom is 0.169 e. The summed E-state index contributed by atoms with van der Waals surface area (Å²) in [6.45, 7) is 6.68. The van der Waals surface area contributed by atoms with Gasteiger partial charge in [-0.2, -0.15) is 0 Å². The highest BCUT2D eigenvalue weighted by molar-refractivity contribution is 5.88. The van der Waals surface area contributed by atoms with E-state index in [4.69, 9.17) is 5.11 Å². The molecule has 0 aliphatic heterocycles. The Morgan fingerprint density at radius 1 is 1.38 bits per heavy atom. The highest BCUT2D eigenvalue weighted by Crippen LogP contribution is 2.18. The van der Waals surface area contributed by atoms with Crippen molar-refractivity contribution in [1.82, 2.24) is 0 Å². The van der Waals surface area contributed by atoms with Crippen molar-refractivity contribution in [1.29, 1.82) is 0 Å². The molecule has 2 atom stereocenters. The summed E-state index contributed by atoms with van der Waals surface area (Å²) >= 11 is 0. The van der Waals surface area contributed by atoms with Gasteiger partial charge in [0.2, 0.25) is 0 Å². The van der Waals surface area contributed by atoms with Crippen LogP contribution in [0.15, 0.2) is 0 Å². The Morgan fingerprint density at radius 3 is 2.15 bits per heavy atom. The van der Waals surface area contributed by atoms with E-state index in [-0.39, 0.29) is 11.7 Å². The molecule has 78 valence electrons. The fraction of sp³-hybridized carbons (Fsp3) is 0.900. The molecule has 2 N–H and O–H groups in total. The van der Waals surface area contributed by atoms with Crippen molar-refractivity contribution in [2.75, 3.05) is 6.61 Å². The maximum absolute atomic E-state index is 11.5. The number of aliphatic hydroxyl groups excluding tert-OH is 1. The predicted octanol–water partition coefficient (Wildman–Crippen LogP) is 0.981. The summed E-state index contributed by atoms with van der Waals surface area (Å²) in [5.41, 5.74) is -1.58. The van der Waals surface area contributed by atoms with Gasteiger partial charge >= 0.3 is 0 Å².